The summed E-state index contributed by atoms with van der Waals surface area (Å²) in [5, 5.41) is 5.11. The van der Waals surface area contributed by atoms with Crippen LogP contribution in [-0.4, -0.2) is 38.0 Å². The number of anilines is 1. The fourth-order valence-electron chi connectivity index (χ4n) is 2.60. The predicted molar refractivity (Wildman–Crippen MR) is 110 cm³/mol. The predicted octanol–water partition coefficient (Wildman–Crippen LogP) is 3.12. The molecule has 0 saturated carbocycles. The number of benzene rings is 2. The molecule has 0 spiro atoms. The van der Waals surface area contributed by atoms with Crippen LogP contribution in [0.3, 0.4) is 0 Å². The molecule has 0 fully saturated rings. The quantitative estimate of drug-likeness (QED) is 0.633. The van der Waals surface area contributed by atoms with Crippen molar-refractivity contribution in [3.8, 4) is 5.75 Å². The maximum absolute atomic E-state index is 12.1. The fraction of sp³-hybridized carbons (Fsp3) is 0.318. The number of methoxy groups -OCH3 is 1. The summed E-state index contributed by atoms with van der Waals surface area (Å²) in [5.74, 6) is -0.782. The van der Waals surface area contributed by atoms with E-state index in [-0.39, 0.29) is 6.54 Å². The number of para-hydroxylation sites is 1. The van der Waals surface area contributed by atoms with Crippen LogP contribution in [0.4, 0.5) is 5.69 Å². The lowest BCUT2D eigenvalue weighted by Crippen LogP contribution is -2.32. The number of carbonyl (C=O) groups excluding carboxylic acids is 3. The van der Waals surface area contributed by atoms with Gasteiger partial charge in [-0.25, -0.2) is 0 Å². The average molecular weight is 398 g/mol. The molecule has 7 nitrogen and oxygen atoms in total. The molecule has 0 bridgehead atoms. The van der Waals surface area contributed by atoms with Crippen LogP contribution >= 0.6 is 0 Å². The van der Waals surface area contributed by atoms with Crippen molar-refractivity contribution in [3.05, 3.63) is 59.7 Å². The number of amides is 2. The molecule has 154 valence electrons. The zero-order valence-corrected chi connectivity index (χ0v) is 16.9. The van der Waals surface area contributed by atoms with Gasteiger partial charge < -0.3 is 20.1 Å². The first kappa shape index (κ1) is 21.9. The van der Waals surface area contributed by atoms with Gasteiger partial charge in [-0.1, -0.05) is 38.1 Å². The van der Waals surface area contributed by atoms with Crippen LogP contribution in [0, 0.1) is 0 Å². The molecule has 29 heavy (non-hydrogen) atoms. The van der Waals surface area contributed by atoms with Gasteiger partial charge in [-0.2, -0.15) is 0 Å². The maximum atomic E-state index is 12.1. The summed E-state index contributed by atoms with van der Waals surface area (Å²) in [4.78, 5) is 35.9. The highest BCUT2D eigenvalue weighted by atomic mass is 16.5. The number of carbonyl (C=O) groups is 3. The molecule has 2 N–H and O–H groups in total. The molecule has 2 amide bonds. The first-order valence-electron chi connectivity index (χ1n) is 9.41. The van der Waals surface area contributed by atoms with Crippen molar-refractivity contribution < 1.29 is 23.9 Å². The van der Waals surface area contributed by atoms with E-state index in [0.717, 1.165) is 6.42 Å². The van der Waals surface area contributed by atoms with E-state index in [4.69, 9.17) is 9.47 Å². The van der Waals surface area contributed by atoms with Crippen LogP contribution in [-0.2, 0) is 14.3 Å². The monoisotopic (exact) mass is 398 g/mol. The zero-order valence-electron chi connectivity index (χ0n) is 16.9. The molecule has 0 aliphatic rings. The Morgan fingerprint density at radius 2 is 1.72 bits per heavy atom. The maximum Gasteiger partial charge on any atom is 0.325 e. The Balaban J connectivity index is 1.75. The molecule has 2 aromatic carbocycles. The Kier molecular flexibility index (Phi) is 8.21. The highest BCUT2D eigenvalue weighted by molar-refractivity contribution is 5.98. The van der Waals surface area contributed by atoms with Gasteiger partial charge in [-0.05, 0) is 42.2 Å². The molecule has 1 atom stereocenters. The van der Waals surface area contributed by atoms with Gasteiger partial charge >= 0.3 is 5.97 Å². The molecule has 0 unspecified atom stereocenters. The third-order valence-corrected chi connectivity index (χ3v) is 4.48. The molecule has 2 aromatic rings. The van der Waals surface area contributed by atoms with Gasteiger partial charge in [-0.3, -0.25) is 14.4 Å². The van der Waals surface area contributed by atoms with Crippen LogP contribution in [0.1, 0.15) is 42.1 Å². The number of esters is 1. The van der Waals surface area contributed by atoms with E-state index >= 15 is 0 Å². The summed E-state index contributed by atoms with van der Waals surface area (Å²) in [6.07, 6.45) is 1.04. The van der Waals surface area contributed by atoms with Crippen molar-refractivity contribution in [1.82, 2.24) is 5.32 Å². The minimum Gasteiger partial charge on any atom is -0.496 e. The summed E-state index contributed by atoms with van der Waals surface area (Å²) in [6.45, 7) is 3.47. The van der Waals surface area contributed by atoms with Gasteiger partial charge in [0.1, 0.15) is 12.3 Å². The van der Waals surface area contributed by atoms with Gasteiger partial charge in [-0.15, -0.1) is 0 Å². The number of ether oxygens (including phenoxy) is 2. The van der Waals surface area contributed by atoms with Crippen molar-refractivity contribution in [2.75, 3.05) is 25.6 Å². The third kappa shape index (κ3) is 6.64. The highest BCUT2D eigenvalue weighted by Gasteiger charge is 2.14. The van der Waals surface area contributed by atoms with E-state index in [1.807, 2.05) is 24.3 Å². The molecule has 0 saturated heterocycles. The lowest BCUT2D eigenvalue weighted by Gasteiger charge is -2.11. The van der Waals surface area contributed by atoms with Crippen LogP contribution in [0.25, 0.3) is 0 Å². The zero-order chi connectivity index (χ0) is 21.2. The summed E-state index contributed by atoms with van der Waals surface area (Å²) in [6, 6.07) is 14.2. The smallest absolute Gasteiger partial charge is 0.325 e. The molecular weight excluding hydrogens is 372 g/mol. The van der Waals surface area contributed by atoms with Gasteiger partial charge in [0.05, 0.1) is 12.7 Å². The van der Waals surface area contributed by atoms with E-state index in [1.165, 1.54) is 12.7 Å². The van der Waals surface area contributed by atoms with E-state index in [2.05, 4.69) is 24.5 Å². The first-order chi connectivity index (χ1) is 13.9. The molecular formula is C22H26N2O5. The second kappa shape index (κ2) is 10.8. The van der Waals surface area contributed by atoms with Crippen molar-refractivity contribution in [2.45, 2.75) is 26.2 Å². The molecule has 2 rings (SSSR count). The van der Waals surface area contributed by atoms with E-state index in [0.29, 0.717) is 22.9 Å². The normalized spacial score (nSPS) is 11.3. The molecule has 0 aromatic heterocycles. The Morgan fingerprint density at radius 1 is 1.03 bits per heavy atom. The number of rotatable bonds is 9. The van der Waals surface area contributed by atoms with Crippen molar-refractivity contribution in [2.24, 2.45) is 0 Å². The average Bonchev–Trinajstić information content (AvgIpc) is 2.75. The van der Waals surface area contributed by atoms with Gasteiger partial charge in [0.25, 0.3) is 11.8 Å². The number of hydrogen-bond donors (Lipinski definition) is 2. The molecule has 0 heterocycles. The topological polar surface area (TPSA) is 93.7 Å². The lowest BCUT2D eigenvalue weighted by molar-refractivity contribution is -0.146. The van der Waals surface area contributed by atoms with Crippen molar-refractivity contribution in [3.63, 3.8) is 0 Å². The van der Waals surface area contributed by atoms with E-state index in [9.17, 15) is 14.4 Å². The fourth-order valence-corrected chi connectivity index (χ4v) is 2.60. The number of nitrogens with one attached hydrogen (secondary N) is 2. The Hall–Kier alpha value is -3.35. The van der Waals surface area contributed by atoms with Crippen molar-refractivity contribution >= 4 is 23.5 Å². The van der Waals surface area contributed by atoms with Crippen LogP contribution in [0.15, 0.2) is 48.5 Å². The van der Waals surface area contributed by atoms with Gasteiger partial charge in [0.2, 0.25) is 0 Å². The minimum atomic E-state index is -0.712. The summed E-state index contributed by atoms with van der Waals surface area (Å²) in [7, 11) is 1.46. The van der Waals surface area contributed by atoms with Gasteiger partial charge in [0.15, 0.2) is 6.61 Å². The molecule has 7 heteroatoms. The molecule has 0 aliphatic heterocycles. The first-order valence-corrected chi connectivity index (χ1v) is 9.41. The highest BCUT2D eigenvalue weighted by Crippen LogP contribution is 2.20. The van der Waals surface area contributed by atoms with Crippen LogP contribution < -0.4 is 15.4 Å². The Labute approximate surface area is 170 Å². The van der Waals surface area contributed by atoms with E-state index < -0.39 is 24.4 Å². The minimum absolute atomic E-state index is 0.307. The Bertz CT molecular complexity index is 849. The van der Waals surface area contributed by atoms with E-state index in [1.54, 1.807) is 24.3 Å². The Morgan fingerprint density at radius 3 is 2.38 bits per heavy atom. The van der Waals surface area contributed by atoms with Crippen LogP contribution in [0.2, 0.25) is 0 Å². The summed E-state index contributed by atoms with van der Waals surface area (Å²) < 4.78 is 10.0. The SMILES string of the molecule is CC[C@@H](C)c1ccc(NC(=O)COC(=O)CNC(=O)c2ccccc2OC)cc1. The lowest BCUT2D eigenvalue weighted by atomic mass is 9.99. The molecule has 0 aliphatic carbocycles. The standard InChI is InChI=1S/C22H26N2O5/c1-4-15(2)16-9-11-17(12-10-16)24-20(25)14-29-21(26)13-23-22(27)18-7-5-6-8-19(18)28-3/h5-12,15H,4,13-14H2,1-3H3,(H,23,27)(H,24,25)/t15-/m1/s1. The van der Waals surface area contributed by atoms with Crippen LogP contribution in [0.5, 0.6) is 5.75 Å². The third-order valence-electron chi connectivity index (χ3n) is 4.48. The second-order valence-corrected chi connectivity index (χ2v) is 6.52. The largest absolute Gasteiger partial charge is 0.496 e. The number of hydrogen-bond acceptors (Lipinski definition) is 5. The second-order valence-electron chi connectivity index (χ2n) is 6.52. The summed E-state index contributed by atoms with van der Waals surface area (Å²) >= 11 is 0. The summed E-state index contributed by atoms with van der Waals surface area (Å²) in [5.41, 5.74) is 2.13. The van der Waals surface area contributed by atoms with Crippen molar-refractivity contribution in [1.29, 1.82) is 0 Å². The van der Waals surface area contributed by atoms with Gasteiger partial charge in [0, 0.05) is 5.69 Å². The molecule has 0 radical (unpaired) electrons.